The van der Waals surface area contributed by atoms with Crippen molar-refractivity contribution in [1.82, 2.24) is 0 Å². The molecule has 0 spiro atoms. The van der Waals surface area contributed by atoms with Gasteiger partial charge in [0.25, 0.3) is 0 Å². The van der Waals surface area contributed by atoms with Crippen molar-refractivity contribution in [1.29, 1.82) is 0 Å². The average molecular weight is 166 g/mol. The molecule has 0 aliphatic carbocycles. The standard InChI is InChI=1S/C9H10O3/c10-9(7-3-1-5-11-7)8-4-2-6-12-8/h1,3,5,8H,2,4,6H2. The number of ketones is 1. The lowest BCUT2D eigenvalue weighted by Gasteiger charge is -2.04. The van der Waals surface area contributed by atoms with Crippen molar-refractivity contribution in [2.75, 3.05) is 6.61 Å². The van der Waals surface area contributed by atoms with Crippen LogP contribution in [-0.2, 0) is 4.74 Å². The Bertz CT molecular complexity index is 257. The molecule has 1 aliphatic heterocycles. The van der Waals surface area contributed by atoms with E-state index < -0.39 is 0 Å². The van der Waals surface area contributed by atoms with E-state index in [1.165, 1.54) is 6.26 Å². The van der Waals surface area contributed by atoms with E-state index in [0.29, 0.717) is 12.4 Å². The van der Waals surface area contributed by atoms with Gasteiger partial charge in [-0.05, 0) is 25.0 Å². The van der Waals surface area contributed by atoms with Gasteiger partial charge in [-0.25, -0.2) is 0 Å². The Morgan fingerprint density at radius 3 is 3.08 bits per heavy atom. The Kier molecular flexibility index (Phi) is 1.96. The summed E-state index contributed by atoms with van der Waals surface area (Å²) in [4.78, 5) is 11.5. The average Bonchev–Trinajstić information content (AvgIpc) is 2.77. The van der Waals surface area contributed by atoms with E-state index in [2.05, 4.69) is 0 Å². The lowest BCUT2D eigenvalue weighted by atomic mass is 10.1. The van der Waals surface area contributed by atoms with Crippen LogP contribution in [0.1, 0.15) is 23.4 Å². The first-order valence-electron chi connectivity index (χ1n) is 4.07. The van der Waals surface area contributed by atoms with Crippen LogP contribution in [0.3, 0.4) is 0 Å². The minimum absolute atomic E-state index is 0.0301. The second-order valence-corrected chi connectivity index (χ2v) is 2.84. The van der Waals surface area contributed by atoms with Crippen molar-refractivity contribution in [2.45, 2.75) is 18.9 Å². The third-order valence-corrected chi connectivity index (χ3v) is 1.99. The van der Waals surface area contributed by atoms with Gasteiger partial charge in [-0.15, -0.1) is 0 Å². The van der Waals surface area contributed by atoms with Crippen molar-refractivity contribution < 1.29 is 13.9 Å². The van der Waals surface area contributed by atoms with Crippen LogP contribution in [0, 0.1) is 0 Å². The quantitative estimate of drug-likeness (QED) is 0.627. The summed E-state index contributed by atoms with van der Waals surface area (Å²) in [5.41, 5.74) is 0. The number of rotatable bonds is 2. The molecule has 12 heavy (non-hydrogen) atoms. The molecule has 1 saturated heterocycles. The largest absolute Gasteiger partial charge is 0.461 e. The molecule has 2 rings (SSSR count). The van der Waals surface area contributed by atoms with E-state index in [0.717, 1.165) is 12.8 Å². The number of hydrogen-bond acceptors (Lipinski definition) is 3. The van der Waals surface area contributed by atoms with Crippen molar-refractivity contribution in [3.8, 4) is 0 Å². The number of carbonyl (C=O) groups is 1. The number of carbonyl (C=O) groups excluding carboxylic acids is 1. The SMILES string of the molecule is O=C(c1ccco1)C1CCCO1. The highest BCUT2D eigenvalue weighted by atomic mass is 16.5. The summed E-state index contributed by atoms with van der Waals surface area (Å²) < 4.78 is 10.2. The Morgan fingerprint density at radius 2 is 2.50 bits per heavy atom. The molecule has 1 aliphatic rings. The molecule has 0 saturated carbocycles. The van der Waals surface area contributed by atoms with E-state index in [-0.39, 0.29) is 11.9 Å². The topological polar surface area (TPSA) is 39.4 Å². The Morgan fingerprint density at radius 1 is 1.58 bits per heavy atom. The first kappa shape index (κ1) is 7.55. The molecule has 1 aromatic rings. The molecule has 1 aromatic heterocycles. The fraction of sp³-hybridized carbons (Fsp3) is 0.444. The van der Waals surface area contributed by atoms with Crippen LogP contribution in [0.2, 0.25) is 0 Å². The number of ether oxygens (including phenoxy) is 1. The molecular formula is C9H10O3. The highest BCUT2D eigenvalue weighted by Crippen LogP contribution is 2.17. The van der Waals surface area contributed by atoms with Crippen LogP contribution in [-0.4, -0.2) is 18.5 Å². The third-order valence-electron chi connectivity index (χ3n) is 1.99. The minimum Gasteiger partial charge on any atom is -0.461 e. The van der Waals surface area contributed by atoms with Crippen LogP contribution < -0.4 is 0 Å². The van der Waals surface area contributed by atoms with Gasteiger partial charge in [-0.3, -0.25) is 4.79 Å². The summed E-state index contributed by atoms with van der Waals surface area (Å²) in [6.45, 7) is 0.692. The first-order valence-corrected chi connectivity index (χ1v) is 4.07. The molecule has 2 heterocycles. The molecule has 1 fully saturated rings. The van der Waals surface area contributed by atoms with Gasteiger partial charge < -0.3 is 9.15 Å². The first-order chi connectivity index (χ1) is 5.88. The van der Waals surface area contributed by atoms with Crippen LogP contribution in [0.25, 0.3) is 0 Å². The van der Waals surface area contributed by atoms with E-state index in [9.17, 15) is 4.79 Å². The predicted octanol–water partition coefficient (Wildman–Crippen LogP) is 1.64. The molecule has 0 bridgehead atoms. The normalized spacial score (nSPS) is 22.8. The number of hydrogen-bond donors (Lipinski definition) is 0. The Balaban J connectivity index is 2.09. The van der Waals surface area contributed by atoms with Crippen molar-refractivity contribution in [2.24, 2.45) is 0 Å². The molecule has 0 amide bonds. The molecule has 1 unspecified atom stereocenters. The smallest absolute Gasteiger partial charge is 0.226 e. The second kappa shape index (κ2) is 3.11. The molecule has 0 radical (unpaired) electrons. The Hall–Kier alpha value is -1.09. The van der Waals surface area contributed by atoms with E-state index in [1.54, 1.807) is 12.1 Å². The second-order valence-electron chi connectivity index (χ2n) is 2.84. The van der Waals surface area contributed by atoms with Gasteiger partial charge in [0.15, 0.2) is 5.76 Å². The van der Waals surface area contributed by atoms with Crippen molar-refractivity contribution >= 4 is 5.78 Å². The Labute approximate surface area is 70.3 Å². The molecule has 64 valence electrons. The zero-order valence-electron chi connectivity index (χ0n) is 6.66. The maximum absolute atomic E-state index is 11.5. The van der Waals surface area contributed by atoms with Gasteiger partial charge in [0, 0.05) is 6.61 Å². The van der Waals surface area contributed by atoms with Gasteiger partial charge >= 0.3 is 0 Å². The lowest BCUT2D eigenvalue weighted by molar-refractivity contribution is 0.0615. The van der Waals surface area contributed by atoms with Crippen LogP contribution in [0.4, 0.5) is 0 Å². The van der Waals surface area contributed by atoms with Crippen LogP contribution >= 0.6 is 0 Å². The number of furan rings is 1. The molecular weight excluding hydrogens is 156 g/mol. The third kappa shape index (κ3) is 1.28. The van der Waals surface area contributed by atoms with E-state index >= 15 is 0 Å². The molecule has 3 heteroatoms. The monoisotopic (exact) mass is 166 g/mol. The summed E-state index contributed by atoms with van der Waals surface area (Å²) in [6, 6.07) is 3.38. The van der Waals surface area contributed by atoms with Gasteiger partial charge in [0.1, 0.15) is 6.10 Å². The van der Waals surface area contributed by atoms with Gasteiger partial charge in [-0.2, -0.15) is 0 Å². The zero-order valence-corrected chi connectivity index (χ0v) is 6.66. The highest BCUT2D eigenvalue weighted by Gasteiger charge is 2.26. The minimum atomic E-state index is -0.267. The van der Waals surface area contributed by atoms with Crippen LogP contribution in [0.15, 0.2) is 22.8 Å². The molecule has 3 nitrogen and oxygen atoms in total. The number of Topliss-reactive ketones (excluding diaryl/α,β-unsaturated/α-hetero) is 1. The van der Waals surface area contributed by atoms with Crippen LogP contribution in [0.5, 0.6) is 0 Å². The van der Waals surface area contributed by atoms with Crippen molar-refractivity contribution in [3.63, 3.8) is 0 Å². The predicted molar refractivity (Wildman–Crippen MR) is 42.0 cm³/mol. The van der Waals surface area contributed by atoms with Crippen molar-refractivity contribution in [3.05, 3.63) is 24.2 Å². The highest BCUT2D eigenvalue weighted by molar-refractivity contribution is 5.97. The van der Waals surface area contributed by atoms with Gasteiger partial charge in [0.2, 0.25) is 5.78 Å². The maximum Gasteiger partial charge on any atom is 0.226 e. The summed E-state index contributed by atoms with van der Waals surface area (Å²) in [6.07, 6.45) is 3.02. The fourth-order valence-corrected chi connectivity index (χ4v) is 1.36. The molecule has 0 N–H and O–H groups in total. The van der Waals surface area contributed by atoms with E-state index in [1.807, 2.05) is 0 Å². The summed E-state index contributed by atoms with van der Waals surface area (Å²) in [5.74, 6) is 0.374. The maximum atomic E-state index is 11.5. The molecule has 0 aromatic carbocycles. The molecule has 1 atom stereocenters. The summed E-state index contributed by atoms with van der Waals surface area (Å²) >= 11 is 0. The lowest BCUT2D eigenvalue weighted by Crippen LogP contribution is -2.18. The van der Waals surface area contributed by atoms with Gasteiger partial charge in [-0.1, -0.05) is 0 Å². The van der Waals surface area contributed by atoms with Gasteiger partial charge in [0.05, 0.1) is 6.26 Å². The summed E-state index contributed by atoms with van der Waals surface area (Å²) in [7, 11) is 0. The van der Waals surface area contributed by atoms with E-state index in [4.69, 9.17) is 9.15 Å². The summed E-state index contributed by atoms with van der Waals surface area (Å²) in [5, 5.41) is 0. The zero-order chi connectivity index (χ0) is 8.39. The fourth-order valence-electron chi connectivity index (χ4n) is 1.36.